The Morgan fingerprint density at radius 3 is 1.89 bits per heavy atom. The molecule has 3 rings (SSSR count). The number of hydrogen-bond donors (Lipinski definition) is 0. The highest BCUT2D eigenvalue weighted by molar-refractivity contribution is 9.10. The highest BCUT2D eigenvalue weighted by atomic mass is 79.9. The van der Waals surface area contributed by atoms with Crippen LogP contribution in [0.2, 0.25) is 0 Å². The zero-order valence-electron chi connectivity index (χ0n) is 15.2. The predicted octanol–water partition coefficient (Wildman–Crippen LogP) is 2.70. The van der Waals surface area contributed by atoms with Crippen molar-refractivity contribution in [1.29, 1.82) is 0 Å². The van der Waals surface area contributed by atoms with Gasteiger partial charge in [0.1, 0.15) is 23.7 Å². The summed E-state index contributed by atoms with van der Waals surface area (Å²) in [5, 5.41) is 0. The van der Waals surface area contributed by atoms with Crippen molar-refractivity contribution in [3.63, 3.8) is 0 Å². The summed E-state index contributed by atoms with van der Waals surface area (Å²) in [6.45, 7) is 0. The molecule has 0 amide bonds. The highest BCUT2D eigenvalue weighted by Gasteiger charge is 2.41. The van der Waals surface area contributed by atoms with E-state index >= 15 is 0 Å². The number of ether oxygens (including phenoxy) is 3. The first-order chi connectivity index (χ1) is 13.4. The predicted molar refractivity (Wildman–Crippen MR) is 101 cm³/mol. The lowest BCUT2D eigenvalue weighted by atomic mass is 9.80. The van der Waals surface area contributed by atoms with Gasteiger partial charge in [-0.05, 0) is 15.9 Å². The molecule has 0 radical (unpaired) electrons. The number of carbonyl (C=O) groups is 4. The average Bonchev–Trinajstić information content (AvgIpc) is 2.72. The van der Waals surface area contributed by atoms with Crippen LogP contribution in [0.4, 0.5) is 0 Å². The van der Waals surface area contributed by atoms with Crippen LogP contribution >= 0.6 is 15.9 Å². The van der Waals surface area contributed by atoms with Crippen LogP contribution in [0.1, 0.15) is 43.3 Å². The molecule has 0 aromatic heterocycles. The van der Waals surface area contributed by atoms with Crippen LogP contribution < -0.4 is 9.47 Å². The van der Waals surface area contributed by atoms with E-state index in [1.807, 2.05) is 0 Å². The summed E-state index contributed by atoms with van der Waals surface area (Å²) in [6.07, 6.45) is 0.378. The Kier molecular flexibility index (Phi) is 5.33. The molecule has 0 aliphatic heterocycles. The molecule has 7 nitrogen and oxygen atoms in total. The molecule has 28 heavy (non-hydrogen) atoms. The molecule has 1 aliphatic rings. The van der Waals surface area contributed by atoms with E-state index in [-0.39, 0.29) is 43.8 Å². The Morgan fingerprint density at radius 2 is 1.46 bits per heavy atom. The third-order valence-corrected chi connectivity index (χ3v) is 5.35. The Morgan fingerprint density at radius 1 is 0.964 bits per heavy atom. The van der Waals surface area contributed by atoms with E-state index in [0.29, 0.717) is 6.29 Å². The molecular formula is C20H15BrO7. The van der Waals surface area contributed by atoms with E-state index in [1.165, 1.54) is 20.3 Å². The highest BCUT2D eigenvalue weighted by Crippen LogP contribution is 2.48. The lowest BCUT2D eigenvalue weighted by Gasteiger charge is -2.26. The number of esters is 1. The van der Waals surface area contributed by atoms with Gasteiger partial charge >= 0.3 is 5.97 Å². The zero-order valence-corrected chi connectivity index (χ0v) is 16.8. The van der Waals surface area contributed by atoms with Gasteiger partial charge in [0.2, 0.25) is 0 Å². The second-order valence-electron chi connectivity index (χ2n) is 5.88. The Balaban J connectivity index is 2.46. The standard InChI is InChI=1S/C20H15BrO7/c1-26-18-12(11(8-22)20(25)28-3)15(21)19(27-2)14-13(18)16(23)9-6-4-5-7-10(9)17(14)24/h4-8,11H,1-3H3. The maximum atomic E-state index is 13.2. The summed E-state index contributed by atoms with van der Waals surface area (Å²) in [5.74, 6) is -3.14. The number of benzene rings is 2. The molecule has 2 aromatic carbocycles. The van der Waals surface area contributed by atoms with Crippen LogP contribution in [0.5, 0.6) is 11.5 Å². The quantitative estimate of drug-likeness (QED) is 0.337. The smallest absolute Gasteiger partial charge is 0.320 e. The minimum absolute atomic E-state index is 0.00758. The second-order valence-corrected chi connectivity index (χ2v) is 6.68. The third-order valence-electron chi connectivity index (χ3n) is 4.57. The van der Waals surface area contributed by atoms with Crippen LogP contribution in [0, 0.1) is 0 Å². The van der Waals surface area contributed by atoms with Gasteiger partial charge in [-0.3, -0.25) is 14.4 Å². The molecule has 0 heterocycles. The van der Waals surface area contributed by atoms with Gasteiger partial charge in [-0.2, -0.15) is 0 Å². The summed E-state index contributed by atoms with van der Waals surface area (Å²) in [5.41, 5.74) is 0.444. The number of rotatable bonds is 5. The molecule has 2 aromatic rings. The van der Waals surface area contributed by atoms with E-state index in [1.54, 1.807) is 18.2 Å². The average molecular weight is 447 g/mol. The molecule has 144 valence electrons. The molecular weight excluding hydrogens is 432 g/mol. The van der Waals surface area contributed by atoms with Crippen LogP contribution in [-0.2, 0) is 14.3 Å². The lowest BCUT2D eigenvalue weighted by Crippen LogP contribution is -2.25. The van der Waals surface area contributed by atoms with Crippen molar-refractivity contribution in [1.82, 2.24) is 0 Å². The first-order valence-corrected chi connectivity index (χ1v) is 8.91. The first kappa shape index (κ1) is 19.8. The van der Waals surface area contributed by atoms with Crippen molar-refractivity contribution in [3.8, 4) is 11.5 Å². The summed E-state index contributed by atoms with van der Waals surface area (Å²) in [4.78, 5) is 50.2. The molecule has 1 aliphatic carbocycles. The second kappa shape index (κ2) is 7.55. The number of fused-ring (bicyclic) bond motifs is 2. The van der Waals surface area contributed by atoms with Crippen molar-refractivity contribution in [2.24, 2.45) is 0 Å². The van der Waals surface area contributed by atoms with E-state index in [0.717, 1.165) is 7.11 Å². The van der Waals surface area contributed by atoms with Gasteiger partial charge < -0.3 is 19.0 Å². The topological polar surface area (TPSA) is 96.0 Å². The molecule has 0 saturated carbocycles. The maximum absolute atomic E-state index is 13.2. The molecule has 0 saturated heterocycles. The molecule has 8 heteroatoms. The number of hydrogen-bond acceptors (Lipinski definition) is 7. The Labute approximate surface area is 168 Å². The van der Waals surface area contributed by atoms with Gasteiger partial charge in [0.05, 0.1) is 36.9 Å². The Hall–Kier alpha value is -3.00. The van der Waals surface area contributed by atoms with Crippen molar-refractivity contribution < 1.29 is 33.4 Å². The molecule has 0 fully saturated rings. The number of aldehydes is 1. The van der Waals surface area contributed by atoms with Crippen LogP contribution in [0.3, 0.4) is 0 Å². The summed E-state index contributed by atoms with van der Waals surface area (Å²) >= 11 is 3.30. The summed E-state index contributed by atoms with van der Waals surface area (Å²) in [7, 11) is 3.75. The van der Waals surface area contributed by atoms with E-state index in [9.17, 15) is 19.2 Å². The van der Waals surface area contributed by atoms with Gasteiger partial charge in [0.25, 0.3) is 0 Å². The van der Waals surface area contributed by atoms with E-state index in [2.05, 4.69) is 15.9 Å². The Bertz CT molecular complexity index is 1030. The number of carbonyl (C=O) groups excluding carboxylic acids is 4. The van der Waals surface area contributed by atoms with Gasteiger partial charge in [0, 0.05) is 16.7 Å². The molecule has 0 bridgehead atoms. The van der Waals surface area contributed by atoms with Crippen molar-refractivity contribution in [3.05, 3.63) is 56.6 Å². The molecule has 0 spiro atoms. The van der Waals surface area contributed by atoms with E-state index < -0.39 is 23.5 Å². The maximum Gasteiger partial charge on any atom is 0.320 e. The third kappa shape index (κ3) is 2.72. The zero-order chi connectivity index (χ0) is 20.6. The number of ketones is 2. The molecule has 1 atom stereocenters. The fraction of sp³-hybridized carbons (Fsp3) is 0.200. The van der Waals surface area contributed by atoms with Crippen LogP contribution in [0.15, 0.2) is 28.7 Å². The minimum atomic E-state index is -1.38. The molecule has 0 N–H and O–H groups in total. The number of halogens is 1. The van der Waals surface area contributed by atoms with Crippen molar-refractivity contribution in [2.75, 3.05) is 21.3 Å². The van der Waals surface area contributed by atoms with Crippen LogP contribution in [-0.4, -0.2) is 45.2 Å². The summed E-state index contributed by atoms with van der Waals surface area (Å²) < 4.78 is 15.6. The van der Waals surface area contributed by atoms with Gasteiger partial charge in [-0.1, -0.05) is 24.3 Å². The minimum Gasteiger partial charge on any atom is -0.496 e. The van der Waals surface area contributed by atoms with Crippen molar-refractivity contribution >= 4 is 39.8 Å². The molecule has 1 unspecified atom stereocenters. The van der Waals surface area contributed by atoms with Crippen molar-refractivity contribution in [2.45, 2.75) is 5.92 Å². The van der Waals surface area contributed by atoms with Crippen LogP contribution in [0.25, 0.3) is 0 Å². The monoisotopic (exact) mass is 446 g/mol. The first-order valence-electron chi connectivity index (χ1n) is 8.11. The van der Waals surface area contributed by atoms with Gasteiger partial charge in [0.15, 0.2) is 11.6 Å². The summed E-state index contributed by atoms with van der Waals surface area (Å²) in [6, 6.07) is 6.38. The van der Waals surface area contributed by atoms with Gasteiger partial charge in [-0.15, -0.1) is 0 Å². The normalized spacial score (nSPS) is 13.3. The largest absolute Gasteiger partial charge is 0.496 e. The SMILES string of the molecule is COC(=O)C(C=O)c1c(Br)c(OC)c2c(c1OC)C(=O)c1ccccc1C2=O. The fourth-order valence-corrected chi connectivity index (χ4v) is 4.11. The number of methoxy groups -OCH3 is 3. The van der Waals surface area contributed by atoms with Gasteiger partial charge in [-0.25, -0.2) is 0 Å². The fourth-order valence-electron chi connectivity index (χ4n) is 3.33. The van der Waals surface area contributed by atoms with E-state index in [4.69, 9.17) is 14.2 Å². The lowest BCUT2D eigenvalue weighted by molar-refractivity contribution is -0.143.